The van der Waals surface area contributed by atoms with E-state index in [0.717, 1.165) is 5.56 Å². The van der Waals surface area contributed by atoms with Crippen LogP contribution < -0.4 is 5.32 Å². The fourth-order valence-corrected chi connectivity index (χ4v) is 2.17. The smallest absolute Gasteiger partial charge is 0.280 e. The van der Waals surface area contributed by atoms with Gasteiger partial charge in [0.25, 0.3) is 5.91 Å². The molecule has 2 amide bonds. The van der Waals surface area contributed by atoms with Crippen molar-refractivity contribution in [1.29, 1.82) is 5.26 Å². The Labute approximate surface area is 121 Å². The molecule has 6 heteroatoms. The molecular weight excluding hydrogens is 273 g/mol. The third-order valence-electron chi connectivity index (χ3n) is 3.31. The van der Waals surface area contributed by atoms with Crippen LogP contribution in [0.2, 0.25) is 0 Å². The molecule has 0 aromatic heterocycles. The monoisotopic (exact) mass is 287 g/mol. The molecule has 0 aliphatic carbocycles. The molecule has 5 nitrogen and oxygen atoms in total. The molecule has 1 aliphatic heterocycles. The van der Waals surface area contributed by atoms with E-state index < -0.39 is 17.8 Å². The standard InChI is InChI=1S/C15H14FN3O2/c1-10(16)14(20)18-13-6-7-19(15(13)21)9-12-4-2-11(8-17)3-5-12/h2-5,13H,1,6-7,9H2,(H,18,20). The lowest BCUT2D eigenvalue weighted by Gasteiger charge is -2.17. The second-order valence-corrected chi connectivity index (χ2v) is 4.79. The summed E-state index contributed by atoms with van der Waals surface area (Å²) in [6, 6.07) is 8.24. The quantitative estimate of drug-likeness (QED) is 0.847. The Balaban J connectivity index is 1.96. The van der Waals surface area contributed by atoms with Gasteiger partial charge in [-0.25, -0.2) is 4.39 Å². The van der Waals surface area contributed by atoms with E-state index in [1.807, 2.05) is 6.07 Å². The van der Waals surface area contributed by atoms with Gasteiger partial charge in [-0.2, -0.15) is 5.26 Å². The van der Waals surface area contributed by atoms with Gasteiger partial charge in [0, 0.05) is 13.1 Å². The van der Waals surface area contributed by atoms with Crippen LogP contribution in [0.5, 0.6) is 0 Å². The van der Waals surface area contributed by atoms with Gasteiger partial charge in [0.2, 0.25) is 5.91 Å². The normalized spacial score (nSPS) is 17.4. The molecule has 1 fully saturated rings. The topological polar surface area (TPSA) is 73.2 Å². The van der Waals surface area contributed by atoms with E-state index in [1.165, 1.54) is 0 Å². The zero-order chi connectivity index (χ0) is 15.4. The van der Waals surface area contributed by atoms with Crippen molar-refractivity contribution in [3.8, 4) is 6.07 Å². The minimum absolute atomic E-state index is 0.242. The zero-order valence-corrected chi connectivity index (χ0v) is 11.3. The number of carbonyl (C=O) groups is 2. The fraction of sp³-hybridized carbons (Fsp3) is 0.267. The molecule has 21 heavy (non-hydrogen) atoms. The highest BCUT2D eigenvalue weighted by Crippen LogP contribution is 2.16. The van der Waals surface area contributed by atoms with Gasteiger partial charge in [0.15, 0.2) is 5.83 Å². The number of amides is 2. The van der Waals surface area contributed by atoms with E-state index >= 15 is 0 Å². The van der Waals surface area contributed by atoms with Gasteiger partial charge in [0.1, 0.15) is 6.04 Å². The molecule has 0 bridgehead atoms. The van der Waals surface area contributed by atoms with Crippen molar-refractivity contribution >= 4 is 11.8 Å². The van der Waals surface area contributed by atoms with Gasteiger partial charge in [-0.15, -0.1) is 0 Å². The van der Waals surface area contributed by atoms with Crippen molar-refractivity contribution in [3.05, 3.63) is 47.8 Å². The minimum Gasteiger partial charge on any atom is -0.338 e. The molecule has 0 spiro atoms. The number of carbonyl (C=O) groups excluding carboxylic acids is 2. The number of hydrogen-bond donors (Lipinski definition) is 1. The summed E-state index contributed by atoms with van der Waals surface area (Å²) in [5, 5.41) is 11.0. The summed E-state index contributed by atoms with van der Waals surface area (Å²) in [5.74, 6) is -2.30. The average Bonchev–Trinajstić information content (AvgIpc) is 2.81. The van der Waals surface area contributed by atoms with Crippen molar-refractivity contribution in [3.63, 3.8) is 0 Å². The lowest BCUT2D eigenvalue weighted by Crippen LogP contribution is -2.41. The summed E-state index contributed by atoms with van der Waals surface area (Å²) in [5.41, 5.74) is 1.45. The second-order valence-electron chi connectivity index (χ2n) is 4.79. The van der Waals surface area contributed by atoms with Gasteiger partial charge in [-0.3, -0.25) is 9.59 Å². The van der Waals surface area contributed by atoms with Crippen LogP contribution in [0.4, 0.5) is 4.39 Å². The summed E-state index contributed by atoms with van der Waals surface area (Å²) in [6.45, 7) is 3.78. The number of nitriles is 1. The van der Waals surface area contributed by atoms with Crippen LogP contribution in [0.3, 0.4) is 0 Å². The molecule has 108 valence electrons. The Bertz CT molecular complexity index is 619. The molecule has 0 saturated carbocycles. The van der Waals surface area contributed by atoms with Crippen molar-refractivity contribution in [2.24, 2.45) is 0 Å². The lowest BCUT2D eigenvalue weighted by atomic mass is 10.1. The molecule has 2 rings (SSSR count). The number of rotatable bonds is 4. The Morgan fingerprint density at radius 1 is 1.48 bits per heavy atom. The Morgan fingerprint density at radius 2 is 2.14 bits per heavy atom. The molecule has 1 aliphatic rings. The summed E-state index contributed by atoms with van der Waals surface area (Å²) in [4.78, 5) is 24.9. The highest BCUT2D eigenvalue weighted by atomic mass is 19.1. The molecule has 1 saturated heterocycles. The van der Waals surface area contributed by atoms with E-state index in [2.05, 4.69) is 11.9 Å². The summed E-state index contributed by atoms with van der Waals surface area (Å²) in [6.07, 6.45) is 0.439. The van der Waals surface area contributed by atoms with Crippen molar-refractivity contribution in [2.75, 3.05) is 6.54 Å². The van der Waals surface area contributed by atoms with Gasteiger partial charge in [-0.05, 0) is 24.1 Å². The van der Waals surface area contributed by atoms with Crippen LogP contribution in [-0.2, 0) is 16.1 Å². The van der Waals surface area contributed by atoms with E-state index in [1.54, 1.807) is 29.2 Å². The predicted molar refractivity (Wildman–Crippen MR) is 73.4 cm³/mol. The zero-order valence-electron chi connectivity index (χ0n) is 11.3. The molecular formula is C15H14FN3O2. The molecule has 1 atom stereocenters. The second kappa shape index (κ2) is 6.18. The number of nitrogens with zero attached hydrogens (tertiary/aromatic N) is 2. The maximum atomic E-state index is 12.6. The van der Waals surface area contributed by atoms with E-state index in [9.17, 15) is 14.0 Å². The summed E-state index contributed by atoms with van der Waals surface area (Å²) in [7, 11) is 0. The Kier molecular flexibility index (Phi) is 4.33. The van der Waals surface area contributed by atoms with Gasteiger partial charge in [0.05, 0.1) is 11.6 Å². The van der Waals surface area contributed by atoms with Crippen molar-refractivity contribution in [1.82, 2.24) is 10.2 Å². The summed E-state index contributed by atoms with van der Waals surface area (Å²) >= 11 is 0. The number of likely N-dealkylation sites (tertiary alicyclic amines) is 1. The van der Waals surface area contributed by atoms with Crippen LogP contribution >= 0.6 is 0 Å². The number of halogens is 1. The third kappa shape index (κ3) is 3.45. The van der Waals surface area contributed by atoms with Crippen LogP contribution in [0, 0.1) is 11.3 Å². The van der Waals surface area contributed by atoms with Crippen LogP contribution in [0.25, 0.3) is 0 Å². The number of nitrogens with one attached hydrogen (secondary N) is 1. The van der Waals surface area contributed by atoms with Crippen molar-refractivity contribution < 1.29 is 14.0 Å². The first kappa shape index (κ1) is 14.7. The first-order valence-corrected chi connectivity index (χ1v) is 6.44. The van der Waals surface area contributed by atoms with Gasteiger partial charge < -0.3 is 10.2 Å². The molecule has 1 heterocycles. The molecule has 0 radical (unpaired) electrons. The lowest BCUT2D eigenvalue weighted by molar-refractivity contribution is -0.132. The maximum Gasteiger partial charge on any atom is 0.280 e. The van der Waals surface area contributed by atoms with Crippen LogP contribution in [-0.4, -0.2) is 29.3 Å². The first-order valence-electron chi connectivity index (χ1n) is 6.44. The number of benzene rings is 1. The van der Waals surface area contributed by atoms with Gasteiger partial charge >= 0.3 is 0 Å². The SMILES string of the molecule is C=C(F)C(=O)NC1CCN(Cc2ccc(C#N)cc2)C1=O. The third-order valence-corrected chi connectivity index (χ3v) is 3.31. The maximum absolute atomic E-state index is 12.6. The molecule has 1 unspecified atom stereocenters. The van der Waals surface area contributed by atoms with Gasteiger partial charge in [-0.1, -0.05) is 18.7 Å². The minimum atomic E-state index is -1.10. The molecule has 1 aromatic rings. The highest BCUT2D eigenvalue weighted by molar-refractivity contribution is 5.95. The number of hydrogen-bond acceptors (Lipinski definition) is 3. The van der Waals surface area contributed by atoms with Crippen molar-refractivity contribution in [2.45, 2.75) is 19.0 Å². The predicted octanol–water partition coefficient (Wildman–Crippen LogP) is 1.26. The molecule has 1 N–H and O–H groups in total. The first-order chi connectivity index (χ1) is 10.0. The highest BCUT2D eigenvalue weighted by Gasteiger charge is 2.32. The summed E-state index contributed by atoms with van der Waals surface area (Å²) < 4.78 is 12.6. The Morgan fingerprint density at radius 3 is 2.71 bits per heavy atom. The van der Waals surface area contributed by atoms with E-state index in [0.29, 0.717) is 25.1 Å². The largest absolute Gasteiger partial charge is 0.338 e. The van der Waals surface area contributed by atoms with Crippen LogP contribution in [0.15, 0.2) is 36.7 Å². The van der Waals surface area contributed by atoms with E-state index in [4.69, 9.17) is 5.26 Å². The Hall–Kier alpha value is -2.68. The molecule has 1 aromatic carbocycles. The fourth-order valence-electron chi connectivity index (χ4n) is 2.17. The van der Waals surface area contributed by atoms with Crippen LogP contribution in [0.1, 0.15) is 17.5 Å². The van der Waals surface area contributed by atoms with E-state index in [-0.39, 0.29) is 5.91 Å². The average molecular weight is 287 g/mol.